The number of hydrogen-bond donors (Lipinski definition) is 6. The first-order valence-electron chi connectivity index (χ1n) is 21.1. The van der Waals surface area contributed by atoms with Gasteiger partial charge in [0.2, 0.25) is 0 Å². The number of methoxy groups -OCH3 is 7. The first-order valence-corrected chi connectivity index (χ1v) is 21.1. The molecule has 360 valence electrons. The van der Waals surface area contributed by atoms with Crippen molar-refractivity contribution >= 4 is 0 Å². The van der Waals surface area contributed by atoms with E-state index in [2.05, 4.69) is 0 Å². The number of aliphatic hydroxyl groups excluding tert-OH is 6. The van der Waals surface area contributed by atoms with E-state index in [1.807, 2.05) is 6.92 Å². The Balaban J connectivity index is 1.72. The molecule has 0 amide bonds. The average Bonchev–Trinajstić information content (AvgIpc) is 3.26. The van der Waals surface area contributed by atoms with E-state index in [4.69, 9.17) is 71.1 Å². The highest BCUT2D eigenvalue weighted by molar-refractivity contribution is 4.99. The minimum atomic E-state index is -1.26. The molecule has 21 nitrogen and oxygen atoms in total. The Morgan fingerprint density at radius 2 is 0.770 bits per heavy atom. The smallest absolute Gasteiger partial charge is 0.187 e. The van der Waals surface area contributed by atoms with Crippen LogP contribution in [0.3, 0.4) is 0 Å². The molecule has 0 spiro atoms. The molecule has 9 unspecified atom stereocenters. The molecule has 0 aliphatic carbocycles. The lowest BCUT2D eigenvalue weighted by Gasteiger charge is -2.52. The Labute approximate surface area is 358 Å². The van der Waals surface area contributed by atoms with Crippen molar-refractivity contribution in [3.63, 3.8) is 0 Å². The van der Waals surface area contributed by atoms with E-state index in [-0.39, 0.29) is 46.1 Å². The van der Waals surface area contributed by atoms with E-state index >= 15 is 0 Å². The van der Waals surface area contributed by atoms with Crippen molar-refractivity contribution in [3.05, 3.63) is 0 Å². The molecule has 0 aromatic heterocycles. The average molecular weight is 891 g/mol. The molecule has 4 fully saturated rings. The molecule has 4 saturated heterocycles. The van der Waals surface area contributed by atoms with E-state index in [0.717, 1.165) is 0 Å². The van der Waals surface area contributed by atoms with Crippen molar-refractivity contribution in [2.45, 2.75) is 112 Å². The zero-order valence-corrected chi connectivity index (χ0v) is 36.8. The largest absolute Gasteiger partial charge is 0.396 e. The first kappa shape index (κ1) is 52.8. The molecule has 4 heterocycles. The van der Waals surface area contributed by atoms with Gasteiger partial charge in [0, 0.05) is 106 Å². The predicted octanol–water partition coefficient (Wildman–Crippen LogP) is -2.11. The van der Waals surface area contributed by atoms with Crippen LogP contribution < -0.4 is 0 Å². The molecule has 0 aromatic rings. The Morgan fingerprint density at radius 1 is 0.393 bits per heavy atom. The molecule has 0 aromatic carbocycles. The highest BCUT2D eigenvalue weighted by Crippen LogP contribution is 2.41. The molecule has 4 rings (SSSR count). The monoisotopic (exact) mass is 890 g/mol. The zero-order valence-electron chi connectivity index (χ0n) is 36.8. The number of ether oxygens (including phenoxy) is 15. The summed E-state index contributed by atoms with van der Waals surface area (Å²) in [6, 6.07) is 0. The van der Waals surface area contributed by atoms with Gasteiger partial charge in [0.15, 0.2) is 25.2 Å². The van der Waals surface area contributed by atoms with Crippen molar-refractivity contribution in [2.75, 3.05) is 116 Å². The van der Waals surface area contributed by atoms with Crippen molar-refractivity contribution in [1.29, 1.82) is 0 Å². The van der Waals surface area contributed by atoms with Gasteiger partial charge in [0.1, 0.15) is 24.4 Å². The van der Waals surface area contributed by atoms with Crippen LogP contribution in [0.1, 0.15) is 19.8 Å². The Kier molecular flexibility index (Phi) is 23.3. The summed E-state index contributed by atoms with van der Waals surface area (Å²) in [5.41, 5.74) is 0. The second-order valence-corrected chi connectivity index (χ2v) is 15.8. The number of aliphatic hydroxyl groups is 6. The van der Waals surface area contributed by atoms with Crippen LogP contribution in [-0.4, -0.2) is 239 Å². The van der Waals surface area contributed by atoms with Gasteiger partial charge < -0.3 is 102 Å². The van der Waals surface area contributed by atoms with Gasteiger partial charge >= 0.3 is 0 Å². The predicted molar refractivity (Wildman–Crippen MR) is 209 cm³/mol. The summed E-state index contributed by atoms with van der Waals surface area (Å²) in [5, 5.41) is 63.0. The van der Waals surface area contributed by atoms with Crippen molar-refractivity contribution in [1.82, 2.24) is 0 Å². The van der Waals surface area contributed by atoms with Gasteiger partial charge in [0.25, 0.3) is 0 Å². The molecule has 6 N–H and O–H groups in total. The van der Waals surface area contributed by atoms with Crippen LogP contribution in [0.2, 0.25) is 0 Å². The third-order valence-corrected chi connectivity index (χ3v) is 12.3. The first-order chi connectivity index (χ1) is 29.7. The zero-order chi connectivity index (χ0) is 44.6. The van der Waals surface area contributed by atoms with Gasteiger partial charge in [-0.25, -0.2) is 0 Å². The third-order valence-electron chi connectivity index (χ3n) is 12.3. The maximum absolute atomic E-state index is 10.9. The lowest BCUT2D eigenvalue weighted by Crippen LogP contribution is -2.66. The summed E-state index contributed by atoms with van der Waals surface area (Å²) in [6.07, 6.45) is -13.4. The van der Waals surface area contributed by atoms with Crippen LogP contribution >= 0.6 is 0 Å². The Hall–Kier alpha value is -0.840. The van der Waals surface area contributed by atoms with Crippen LogP contribution in [0.25, 0.3) is 0 Å². The molecule has 0 saturated carbocycles. The fraction of sp³-hybridized carbons (Fsp3) is 1.00. The van der Waals surface area contributed by atoms with Crippen LogP contribution in [0, 0.1) is 29.6 Å². The number of hydrogen-bond acceptors (Lipinski definition) is 21. The summed E-state index contributed by atoms with van der Waals surface area (Å²) in [6.45, 7) is 0.348. The fourth-order valence-electron chi connectivity index (χ4n) is 9.21. The molecule has 20 atom stereocenters. The fourth-order valence-corrected chi connectivity index (χ4v) is 9.21. The second kappa shape index (κ2) is 27.0. The molecule has 21 heteroatoms. The van der Waals surface area contributed by atoms with Crippen LogP contribution in [0.5, 0.6) is 0 Å². The van der Waals surface area contributed by atoms with Crippen LogP contribution in [0.4, 0.5) is 0 Å². The van der Waals surface area contributed by atoms with E-state index in [9.17, 15) is 30.6 Å². The van der Waals surface area contributed by atoms with Crippen LogP contribution in [-0.2, 0) is 71.1 Å². The second-order valence-electron chi connectivity index (χ2n) is 15.8. The van der Waals surface area contributed by atoms with E-state index in [1.54, 1.807) is 0 Å². The maximum atomic E-state index is 10.9. The molecule has 4 aliphatic heterocycles. The minimum absolute atomic E-state index is 0.00244. The molecule has 4 aliphatic rings. The molecule has 61 heavy (non-hydrogen) atoms. The molecule has 0 bridgehead atoms. The maximum Gasteiger partial charge on any atom is 0.187 e. The van der Waals surface area contributed by atoms with Crippen molar-refractivity contribution in [3.8, 4) is 0 Å². The minimum Gasteiger partial charge on any atom is -0.396 e. The topological polar surface area (TPSA) is 260 Å². The van der Waals surface area contributed by atoms with E-state index < -0.39 is 142 Å². The summed E-state index contributed by atoms with van der Waals surface area (Å²) in [4.78, 5) is 0. The number of rotatable bonds is 26. The van der Waals surface area contributed by atoms with Crippen molar-refractivity contribution in [2.24, 2.45) is 29.6 Å². The van der Waals surface area contributed by atoms with Gasteiger partial charge in [-0.05, 0) is 12.8 Å². The normalized spacial score (nSPS) is 42.2. The van der Waals surface area contributed by atoms with Gasteiger partial charge in [-0.3, -0.25) is 0 Å². The summed E-state index contributed by atoms with van der Waals surface area (Å²) >= 11 is 0. The molecule has 0 radical (unpaired) electrons. The van der Waals surface area contributed by atoms with Gasteiger partial charge in [0.05, 0.1) is 82.4 Å². The lowest BCUT2D eigenvalue weighted by molar-refractivity contribution is -0.390. The third kappa shape index (κ3) is 12.3. The Morgan fingerprint density at radius 3 is 1.11 bits per heavy atom. The standard InChI is InChI=1S/C40H74O21/c1-9-12-54-30-23(15-44)27(18-47-2)56-38(34(30)50-5)59-31-24(16-45)28(19-48-3)57-39(35(31)51-6)60-32-25(17-46)29(20-49-4)58-40(36(32)52-7)61-33-22(14-43)21(13-42)26(10-11-41)55-37(33)53-8/h21-46H,9-20H2,1-8H3/t21-,22-,23+,24+,25+,26?,27?,28?,29?,30-,31-,32-,33?,34?,35?,36?,37?,38+,39+,40+/m0/s1. The van der Waals surface area contributed by atoms with E-state index in [1.165, 1.54) is 49.8 Å². The Bertz CT molecular complexity index is 1180. The van der Waals surface area contributed by atoms with Gasteiger partial charge in [-0.15, -0.1) is 0 Å². The highest BCUT2D eigenvalue weighted by atomic mass is 16.8. The molecular weight excluding hydrogens is 816 g/mol. The summed E-state index contributed by atoms with van der Waals surface area (Å²) < 4.78 is 92.3. The SMILES string of the molecule is CCCO[C@@H]1C(OC)[C@@H](O[C@@H]2C(OC)[C@@H](O[C@@H]3C(OC)[C@@H](OC4C(OC)OC(CCO)[C@@H](CO)[C@@H]4CO)OC(COC)[C@H]3CO)OC(COC)[C@H]2CO)OC(COC)[C@H]1CO. The van der Waals surface area contributed by atoms with Crippen LogP contribution in [0.15, 0.2) is 0 Å². The summed E-state index contributed by atoms with van der Waals surface area (Å²) in [7, 11) is 10.3. The lowest BCUT2D eigenvalue weighted by atomic mass is 9.80. The highest BCUT2D eigenvalue weighted by Gasteiger charge is 2.57. The quantitative estimate of drug-likeness (QED) is 0.0543. The molecular formula is C40H74O21. The van der Waals surface area contributed by atoms with Crippen molar-refractivity contribution < 1.29 is 102 Å². The van der Waals surface area contributed by atoms with Gasteiger partial charge in [-0.2, -0.15) is 0 Å². The van der Waals surface area contributed by atoms with E-state index in [0.29, 0.717) is 13.0 Å². The summed E-state index contributed by atoms with van der Waals surface area (Å²) in [5.74, 6) is -3.41. The van der Waals surface area contributed by atoms with Gasteiger partial charge in [-0.1, -0.05) is 6.92 Å².